The summed E-state index contributed by atoms with van der Waals surface area (Å²) in [5.41, 5.74) is 2.06. The van der Waals surface area contributed by atoms with Crippen molar-refractivity contribution in [3.05, 3.63) is 23.5 Å². The number of rotatable bonds is 5. The minimum Gasteiger partial charge on any atom is -0.379 e. The second-order valence-corrected chi connectivity index (χ2v) is 6.66. The Morgan fingerprint density at radius 2 is 2.09 bits per heavy atom. The zero-order valence-corrected chi connectivity index (χ0v) is 14.2. The Kier molecular flexibility index (Phi) is 5.71. The van der Waals surface area contributed by atoms with Gasteiger partial charge in [-0.15, -0.1) is 0 Å². The van der Waals surface area contributed by atoms with Gasteiger partial charge in [0, 0.05) is 45.0 Å². The maximum Gasteiger partial charge on any atom is 0.120 e. The molecule has 0 spiro atoms. The van der Waals surface area contributed by atoms with Crippen LogP contribution in [0.3, 0.4) is 0 Å². The Morgan fingerprint density at radius 3 is 2.78 bits per heavy atom. The highest BCUT2D eigenvalue weighted by Crippen LogP contribution is 2.22. The summed E-state index contributed by atoms with van der Waals surface area (Å²) in [6.45, 7) is 10.1. The molecule has 2 fully saturated rings. The number of ether oxygens (including phenoxy) is 1. The van der Waals surface area contributed by atoms with Crippen LogP contribution in [0.15, 0.2) is 12.3 Å². The average Bonchev–Trinajstić information content (AvgIpc) is 2.99. The van der Waals surface area contributed by atoms with E-state index in [2.05, 4.69) is 39.6 Å². The Hall–Kier alpha value is -1.35. The van der Waals surface area contributed by atoms with Gasteiger partial charge < -0.3 is 9.30 Å². The number of aryl methyl sites for hydroxylation is 1. The normalized spacial score (nSPS) is 23.7. The highest BCUT2D eigenvalue weighted by molar-refractivity contribution is 5.28. The number of nitriles is 1. The van der Waals surface area contributed by atoms with Crippen molar-refractivity contribution in [1.29, 1.82) is 5.26 Å². The van der Waals surface area contributed by atoms with Crippen molar-refractivity contribution in [2.45, 2.75) is 45.3 Å². The summed E-state index contributed by atoms with van der Waals surface area (Å²) in [6, 6.07) is 5.00. The lowest BCUT2D eigenvalue weighted by Crippen LogP contribution is -2.49. The molecule has 0 saturated carbocycles. The van der Waals surface area contributed by atoms with Crippen molar-refractivity contribution in [1.82, 2.24) is 14.4 Å². The van der Waals surface area contributed by atoms with E-state index in [4.69, 9.17) is 4.74 Å². The van der Waals surface area contributed by atoms with Crippen molar-refractivity contribution in [2.75, 3.05) is 39.4 Å². The number of morpholine rings is 1. The van der Waals surface area contributed by atoms with Gasteiger partial charge in [-0.25, -0.2) is 0 Å². The van der Waals surface area contributed by atoms with Crippen LogP contribution in [0.1, 0.15) is 37.4 Å². The van der Waals surface area contributed by atoms with Crippen LogP contribution in [0.2, 0.25) is 0 Å². The van der Waals surface area contributed by atoms with Gasteiger partial charge in [0.25, 0.3) is 0 Å². The van der Waals surface area contributed by atoms with Crippen molar-refractivity contribution in [2.24, 2.45) is 0 Å². The number of aromatic nitrogens is 1. The molecule has 5 heteroatoms. The topological polar surface area (TPSA) is 44.4 Å². The van der Waals surface area contributed by atoms with E-state index in [1.807, 2.05) is 0 Å². The van der Waals surface area contributed by atoms with Gasteiger partial charge in [0.2, 0.25) is 0 Å². The zero-order valence-electron chi connectivity index (χ0n) is 14.2. The Morgan fingerprint density at radius 1 is 1.26 bits per heavy atom. The Balaban J connectivity index is 1.64. The van der Waals surface area contributed by atoms with Crippen molar-refractivity contribution in [3.8, 4) is 6.07 Å². The number of hydrogen-bond donors (Lipinski definition) is 0. The van der Waals surface area contributed by atoms with Gasteiger partial charge in [-0.2, -0.15) is 5.26 Å². The van der Waals surface area contributed by atoms with Gasteiger partial charge in [0.05, 0.1) is 13.2 Å². The third kappa shape index (κ3) is 4.14. The SMILES string of the molecule is CCn1cc(CN2CCCC[C@H]2CN2CCOCC2)cc1C#N. The highest BCUT2D eigenvalue weighted by atomic mass is 16.5. The molecule has 0 amide bonds. The van der Waals surface area contributed by atoms with E-state index in [0.29, 0.717) is 6.04 Å². The van der Waals surface area contributed by atoms with Crippen LogP contribution in [-0.4, -0.2) is 59.8 Å². The molecule has 2 aliphatic heterocycles. The molecule has 0 unspecified atom stereocenters. The predicted molar refractivity (Wildman–Crippen MR) is 90.1 cm³/mol. The number of nitrogens with zero attached hydrogens (tertiary/aromatic N) is 4. The minimum atomic E-state index is 0.636. The fraction of sp³-hybridized carbons (Fsp3) is 0.722. The summed E-state index contributed by atoms with van der Waals surface area (Å²) < 4.78 is 7.52. The largest absolute Gasteiger partial charge is 0.379 e. The lowest BCUT2D eigenvalue weighted by Gasteiger charge is -2.39. The Labute approximate surface area is 139 Å². The molecule has 1 aromatic heterocycles. The average molecular weight is 316 g/mol. The quantitative estimate of drug-likeness (QED) is 0.834. The van der Waals surface area contributed by atoms with Gasteiger partial charge >= 0.3 is 0 Å². The molecule has 3 rings (SSSR count). The first-order chi connectivity index (χ1) is 11.3. The van der Waals surface area contributed by atoms with E-state index in [-0.39, 0.29) is 0 Å². The maximum atomic E-state index is 9.23. The van der Waals surface area contributed by atoms with Crippen LogP contribution in [0, 0.1) is 11.3 Å². The number of hydrogen-bond acceptors (Lipinski definition) is 4. The van der Waals surface area contributed by atoms with E-state index in [9.17, 15) is 5.26 Å². The summed E-state index contributed by atoms with van der Waals surface area (Å²) in [5.74, 6) is 0. The predicted octanol–water partition coefficient (Wildman–Crippen LogP) is 2.07. The molecule has 0 aliphatic carbocycles. The molecule has 0 aromatic carbocycles. The first-order valence-corrected chi connectivity index (χ1v) is 8.93. The zero-order chi connectivity index (χ0) is 16.1. The molecule has 0 N–H and O–H groups in total. The lowest BCUT2D eigenvalue weighted by atomic mass is 10.0. The van der Waals surface area contributed by atoms with Crippen LogP contribution in [0.5, 0.6) is 0 Å². The maximum absolute atomic E-state index is 9.23. The third-order valence-electron chi connectivity index (χ3n) is 5.12. The van der Waals surface area contributed by atoms with Crippen LogP contribution in [-0.2, 0) is 17.8 Å². The highest BCUT2D eigenvalue weighted by Gasteiger charge is 2.25. The summed E-state index contributed by atoms with van der Waals surface area (Å²) in [6.07, 6.45) is 6.07. The molecule has 2 saturated heterocycles. The van der Waals surface area contributed by atoms with Gasteiger partial charge in [-0.3, -0.25) is 9.80 Å². The minimum absolute atomic E-state index is 0.636. The standard InChI is InChI=1S/C18H28N4O/c1-2-21-13-16(11-18(21)12-19)14-22-6-4-3-5-17(22)15-20-7-9-23-10-8-20/h11,13,17H,2-10,14-15H2,1H3/t17-/m0/s1. The summed E-state index contributed by atoms with van der Waals surface area (Å²) in [7, 11) is 0. The molecule has 126 valence electrons. The second kappa shape index (κ2) is 7.96. The lowest BCUT2D eigenvalue weighted by molar-refractivity contribution is 0.0153. The molecule has 3 heterocycles. The molecule has 1 atom stereocenters. The molecular formula is C18H28N4O. The van der Waals surface area contributed by atoms with E-state index >= 15 is 0 Å². The van der Waals surface area contributed by atoms with Crippen molar-refractivity contribution < 1.29 is 4.74 Å². The molecule has 0 bridgehead atoms. The smallest absolute Gasteiger partial charge is 0.120 e. The molecule has 23 heavy (non-hydrogen) atoms. The van der Waals surface area contributed by atoms with Crippen molar-refractivity contribution >= 4 is 0 Å². The van der Waals surface area contributed by atoms with Crippen LogP contribution in [0.25, 0.3) is 0 Å². The molecule has 1 aromatic rings. The summed E-state index contributed by atoms with van der Waals surface area (Å²) >= 11 is 0. The molecule has 5 nitrogen and oxygen atoms in total. The summed E-state index contributed by atoms with van der Waals surface area (Å²) in [4.78, 5) is 5.17. The number of piperidine rings is 1. The van der Waals surface area contributed by atoms with Gasteiger partial charge in [-0.05, 0) is 37.9 Å². The monoisotopic (exact) mass is 316 g/mol. The third-order valence-corrected chi connectivity index (χ3v) is 5.12. The molecular weight excluding hydrogens is 288 g/mol. The van der Waals surface area contributed by atoms with E-state index in [0.717, 1.165) is 51.6 Å². The van der Waals surface area contributed by atoms with E-state index in [1.165, 1.54) is 31.4 Å². The van der Waals surface area contributed by atoms with Gasteiger partial charge in [-0.1, -0.05) is 6.42 Å². The molecule has 2 aliphatic rings. The first kappa shape index (κ1) is 16.5. The Bertz CT molecular complexity index is 542. The fourth-order valence-electron chi connectivity index (χ4n) is 3.80. The molecule has 0 radical (unpaired) electrons. The van der Waals surface area contributed by atoms with Crippen molar-refractivity contribution in [3.63, 3.8) is 0 Å². The summed E-state index contributed by atoms with van der Waals surface area (Å²) in [5, 5.41) is 9.23. The van der Waals surface area contributed by atoms with Crippen LogP contribution in [0.4, 0.5) is 0 Å². The second-order valence-electron chi connectivity index (χ2n) is 6.66. The van der Waals surface area contributed by atoms with Gasteiger partial charge in [0.15, 0.2) is 0 Å². The van der Waals surface area contributed by atoms with E-state index < -0.39 is 0 Å². The van der Waals surface area contributed by atoms with Crippen LogP contribution >= 0.6 is 0 Å². The van der Waals surface area contributed by atoms with Crippen LogP contribution < -0.4 is 0 Å². The first-order valence-electron chi connectivity index (χ1n) is 8.93. The number of likely N-dealkylation sites (tertiary alicyclic amines) is 1. The van der Waals surface area contributed by atoms with E-state index in [1.54, 1.807) is 0 Å². The van der Waals surface area contributed by atoms with Gasteiger partial charge in [0.1, 0.15) is 11.8 Å². The fourth-order valence-corrected chi connectivity index (χ4v) is 3.80.